The minimum absolute atomic E-state index is 0.0550. The summed E-state index contributed by atoms with van der Waals surface area (Å²) in [5.41, 5.74) is 1.04. The van der Waals surface area contributed by atoms with Crippen LogP contribution in [0.3, 0.4) is 0 Å². The fourth-order valence-electron chi connectivity index (χ4n) is 2.45. The second kappa shape index (κ2) is 7.03. The van der Waals surface area contributed by atoms with Crippen LogP contribution in [0, 0.1) is 11.8 Å². The van der Waals surface area contributed by atoms with Gasteiger partial charge in [-0.1, -0.05) is 57.5 Å². The molecule has 1 aliphatic rings. The Labute approximate surface area is 148 Å². The fourth-order valence-corrected chi connectivity index (χ4v) is 3.92. The van der Waals surface area contributed by atoms with E-state index in [1.165, 1.54) is 18.2 Å². The molecule has 0 N–H and O–H groups in total. The Bertz CT molecular complexity index is 848. The summed E-state index contributed by atoms with van der Waals surface area (Å²) in [6, 6.07) is 7.93. The molecule has 24 heavy (non-hydrogen) atoms. The van der Waals surface area contributed by atoms with E-state index in [1.54, 1.807) is 18.2 Å². The van der Waals surface area contributed by atoms with Gasteiger partial charge in [-0.15, -0.1) is 0 Å². The van der Waals surface area contributed by atoms with Gasteiger partial charge < -0.3 is 0 Å². The van der Waals surface area contributed by atoms with Crippen LogP contribution < -0.4 is 0 Å². The largest absolute Gasteiger partial charge is 0.289 e. The molecule has 0 amide bonds. The van der Waals surface area contributed by atoms with E-state index < -0.39 is 10.0 Å². The Balaban J connectivity index is 2.64. The average molecular weight is 366 g/mol. The average Bonchev–Trinajstić information content (AvgIpc) is 2.50. The second-order valence-corrected chi connectivity index (χ2v) is 8.21. The van der Waals surface area contributed by atoms with E-state index in [9.17, 15) is 13.2 Å². The number of Topliss-reactive ketones (excluding diaryl/α,β-unsaturated/α-hetero) is 1. The minimum atomic E-state index is -3.90. The molecule has 0 saturated heterocycles. The standard InChI is InChI=1S/C18H20ClNO3S/c1-11(2)14-10-15(17(19)16(12(3)4)18(14)21)20-24(22,23)13-8-6-5-7-9-13/h5-12H,1-4H3. The molecule has 0 fully saturated rings. The Morgan fingerprint density at radius 2 is 1.58 bits per heavy atom. The van der Waals surface area contributed by atoms with Gasteiger partial charge in [0.25, 0.3) is 10.0 Å². The van der Waals surface area contributed by atoms with Gasteiger partial charge in [0.1, 0.15) is 0 Å². The van der Waals surface area contributed by atoms with Crippen LogP contribution in [-0.4, -0.2) is 19.9 Å². The summed E-state index contributed by atoms with van der Waals surface area (Å²) in [6.45, 7) is 7.46. The van der Waals surface area contributed by atoms with Crippen molar-refractivity contribution in [1.29, 1.82) is 0 Å². The number of rotatable bonds is 4. The van der Waals surface area contributed by atoms with Crippen LogP contribution in [0.2, 0.25) is 0 Å². The number of ketones is 1. The number of allylic oxidation sites excluding steroid dienone is 4. The third-order valence-electron chi connectivity index (χ3n) is 3.72. The van der Waals surface area contributed by atoms with Crippen molar-refractivity contribution < 1.29 is 13.2 Å². The Kier molecular flexibility index (Phi) is 5.45. The molecule has 6 heteroatoms. The highest BCUT2D eigenvalue weighted by Crippen LogP contribution is 2.32. The summed E-state index contributed by atoms with van der Waals surface area (Å²) in [4.78, 5) is 12.7. The molecule has 0 radical (unpaired) electrons. The van der Waals surface area contributed by atoms with Gasteiger partial charge in [0, 0.05) is 11.1 Å². The van der Waals surface area contributed by atoms with Gasteiger partial charge in [0.15, 0.2) is 5.78 Å². The quantitative estimate of drug-likeness (QED) is 0.753. The predicted octanol–water partition coefficient (Wildman–Crippen LogP) is 4.13. The minimum Gasteiger partial charge on any atom is -0.289 e. The van der Waals surface area contributed by atoms with E-state index in [0.717, 1.165) is 0 Å². The van der Waals surface area contributed by atoms with E-state index in [2.05, 4.69) is 4.40 Å². The Morgan fingerprint density at radius 3 is 2.08 bits per heavy atom. The zero-order chi connectivity index (χ0) is 18.1. The zero-order valence-corrected chi connectivity index (χ0v) is 15.6. The number of hydrogen-bond donors (Lipinski definition) is 0. The van der Waals surface area contributed by atoms with Crippen molar-refractivity contribution in [2.75, 3.05) is 0 Å². The number of hydrogen-bond acceptors (Lipinski definition) is 3. The number of carbonyl (C=O) groups excluding carboxylic acids is 1. The monoisotopic (exact) mass is 365 g/mol. The highest BCUT2D eigenvalue weighted by Gasteiger charge is 2.30. The number of benzene rings is 1. The van der Waals surface area contributed by atoms with Crippen LogP contribution in [0.15, 0.2) is 61.9 Å². The molecule has 0 aromatic heterocycles. The van der Waals surface area contributed by atoms with Gasteiger partial charge >= 0.3 is 0 Å². The lowest BCUT2D eigenvalue weighted by molar-refractivity contribution is -0.113. The molecular weight excluding hydrogens is 346 g/mol. The molecule has 1 aliphatic carbocycles. The van der Waals surface area contributed by atoms with Gasteiger partial charge in [-0.2, -0.15) is 12.8 Å². The van der Waals surface area contributed by atoms with E-state index in [1.807, 2.05) is 27.7 Å². The first-order chi connectivity index (χ1) is 11.1. The molecule has 1 aromatic carbocycles. The topological polar surface area (TPSA) is 63.6 Å². The normalized spacial score (nSPS) is 17.9. The van der Waals surface area contributed by atoms with Crippen molar-refractivity contribution in [2.24, 2.45) is 16.2 Å². The first-order valence-corrected chi connectivity index (χ1v) is 9.53. The first kappa shape index (κ1) is 18.6. The Morgan fingerprint density at radius 1 is 1.00 bits per heavy atom. The molecule has 128 valence electrons. The van der Waals surface area contributed by atoms with Crippen LogP contribution >= 0.6 is 11.6 Å². The van der Waals surface area contributed by atoms with Crippen LogP contribution in [0.25, 0.3) is 0 Å². The maximum absolute atomic E-state index is 12.6. The molecule has 0 atom stereocenters. The van der Waals surface area contributed by atoms with Gasteiger partial charge in [-0.05, 0) is 30.0 Å². The van der Waals surface area contributed by atoms with E-state index in [0.29, 0.717) is 11.1 Å². The van der Waals surface area contributed by atoms with Crippen molar-refractivity contribution in [2.45, 2.75) is 32.6 Å². The highest BCUT2D eigenvalue weighted by molar-refractivity contribution is 7.90. The third kappa shape index (κ3) is 3.68. The van der Waals surface area contributed by atoms with Crippen LogP contribution in [0.4, 0.5) is 0 Å². The summed E-state index contributed by atoms with van der Waals surface area (Å²) >= 11 is 6.32. The molecule has 0 bridgehead atoms. The smallest absolute Gasteiger partial charge is 0.282 e. The highest BCUT2D eigenvalue weighted by atomic mass is 35.5. The van der Waals surface area contributed by atoms with E-state index in [4.69, 9.17) is 11.6 Å². The van der Waals surface area contributed by atoms with Crippen LogP contribution in [0.1, 0.15) is 27.7 Å². The fraction of sp³-hybridized carbons (Fsp3) is 0.333. The Hall–Kier alpha value is -1.72. The third-order valence-corrected chi connectivity index (χ3v) is 5.42. The van der Waals surface area contributed by atoms with Crippen LogP contribution in [0.5, 0.6) is 0 Å². The van der Waals surface area contributed by atoms with Crippen molar-refractivity contribution in [1.82, 2.24) is 0 Å². The molecule has 0 unspecified atom stereocenters. The number of halogens is 1. The summed E-state index contributed by atoms with van der Waals surface area (Å²) in [7, 11) is -3.90. The lowest BCUT2D eigenvalue weighted by Gasteiger charge is -2.22. The summed E-state index contributed by atoms with van der Waals surface area (Å²) < 4.78 is 28.9. The zero-order valence-electron chi connectivity index (χ0n) is 14.1. The number of nitrogens with zero attached hydrogens (tertiary/aromatic N) is 1. The maximum atomic E-state index is 12.6. The molecule has 0 spiro atoms. The molecule has 2 rings (SSSR count). The lowest BCUT2D eigenvalue weighted by atomic mass is 9.84. The number of carbonyl (C=O) groups is 1. The molecule has 1 aromatic rings. The van der Waals surface area contributed by atoms with E-state index in [-0.39, 0.29) is 33.3 Å². The van der Waals surface area contributed by atoms with Crippen molar-refractivity contribution >= 4 is 33.1 Å². The second-order valence-electron chi connectivity index (χ2n) is 6.23. The van der Waals surface area contributed by atoms with Gasteiger partial charge in [0.05, 0.1) is 15.6 Å². The lowest BCUT2D eigenvalue weighted by Crippen LogP contribution is -2.23. The first-order valence-electron chi connectivity index (χ1n) is 7.71. The summed E-state index contributed by atoms with van der Waals surface area (Å²) in [5, 5.41) is 0.110. The van der Waals surface area contributed by atoms with Crippen molar-refractivity contribution in [3.63, 3.8) is 0 Å². The molecular formula is C18H20ClNO3S. The molecule has 4 nitrogen and oxygen atoms in total. The van der Waals surface area contributed by atoms with E-state index >= 15 is 0 Å². The van der Waals surface area contributed by atoms with Crippen molar-refractivity contribution in [3.8, 4) is 0 Å². The summed E-state index contributed by atoms with van der Waals surface area (Å²) in [6.07, 6.45) is 1.49. The number of sulfonamides is 1. The van der Waals surface area contributed by atoms with Crippen LogP contribution in [-0.2, 0) is 14.8 Å². The summed E-state index contributed by atoms with van der Waals surface area (Å²) in [5.74, 6) is -0.321. The predicted molar refractivity (Wildman–Crippen MR) is 96.7 cm³/mol. The maximum Gasteiger partial charge on any atom is 0.282 e. The van der Waals surface area contributed by atoms with Crippen molar-refractivity contribution in [3.05, 3.63) is 52.6 Å². The SMILES string of the molecule is CC(C)C1=CC(=NS(=O)(=O)c2ccccc2)C(Cl)=C(C(C)C)C1=O. The molecule has 0 heterocycles. The molecule has 0 aliphatic heterocycles. The van der Waals surface area contributed by atoms with Gasteiger partial charge in [0.2, 0.25) is 0 Å². The van der Waals surface area contributed by atoms with Gasteiger partial charge in [-0.25, -0.2) is 0 Å². The molecule has 0 saturated carbocycles. The van der Waals surface area contributed by atoms with Gasteiger partial charge in [-0.3, -0.25) is 4.79 Å².